The predicted molar refractivity (Wildman–Crippen MR) is 37.4 cm³/mol. The highest BCUT2D eigenvalue weighted by atomic mass is 16.2. The van der Waals surface area contributed by atoms with Gasteiger partial charge in [-0.3, -0.25) is 16.5 Å². The molecule has 4 N–H and O–H groups in total. The molecule has 0 fully saturated rings. The summed E-state index contributed by atoms with van der Waals surface area (Å²) in [6, 6.07) is 0. The molecule has 1 amide bonds. The maximum absolute atomic E-state index is 10.4. The minimum Gasteiger partial charge on any atom is -0.349 e. The molecular weight excluding hydrogens is 118 g/mol. The van der Waals surface area contributed by atoms with Crippen LogP contribution in [0.1, 0.15) is 13.3 Å². The zero-order valence-electron chi connectivity index (χ0n) is 6.22. The van der Waals surface area contributed by atoms with Gasteiger partial charge in [-0.2, -0.15) is 0 Å². The van der Waals surface area contributed by atoms with Gasteiger partial charge >= 0.3 is 0 Å². The highest BCUT2D eigenvalue weighted by molar-refractivity contribution is 5.75. The molecule has 0 aromatic carbocycles. The first-order chi connectivity index (χ1) is 4.18. The van der Waals surface area contributed by atoms with E-state index in [2.05, 4.69) is 11.7 Å². The van der Waals surface area contributed by atoms with E-state index in [9.17, 15) is 4.79 Å². The summed E-state index contributed by atoms with van der Waals surface area (Å²) in [5.74, 6) is 8.18. The number of rotatable bonds is 1. The lowest BCUT2D eigenvalue weighted by molar-refractivity contribution is -0.128. The van der Waals surface area contributed by atoms with Crippen molar-refractivity contribution in [3.63, 3.8) is 0 Å². The van der Waals surface area contributed by atoms with Crippen molar-refractivity contribution in [1.82, 2.24) is 4.90 Å². The van der Waals surface area contributed by atoms with Crippen LogP contribution < -0.4 is 11.7 Å². The van der Waals surface area contributed by atoms with E-state index < -0.39 is 0 Å². The molecule has 0 aliphatic rings. The second-order valence-corrected chi connectivity index (χ2v) is 1.64. The molecule has 9 heavy (non-hydrogen) atoms. The number of hydrazine groups is 1. The third-order valence-corrected chi connectivity index (χ3v) is 0.801. The molecule has 56 valence electrons. The van der Waals surface area contributed by atoms with E-state index in [0.717, 1.165) is 0 Å². The largest absolute Gasteiger partial charge is 0.349 e. The number of nitrogens with two attached hydrogens (primary N) is 2. The Labute approximate surface area is 55.8 Å². The third-order valence-electron chi connectivity index (χ3n) is 0.801. The Bertz CT molecular complexity index is 72.6. The van der Waals surface area contributed by atoms with E-state index in [4.69, 9.17) is 0 Å². The van der Waals surface area contributed by atoms with Crippen LogP contribution in [-0.4, -0.2) is 24.9 Å². The first-order valence-corrected chi connectivity index (χ1v) is 2.72. The summed E-state index contributed by atoms with van der Waals surface area (Å²) in [4.78, 5) is 12.0. The maximum Gasteiger partial charge on any atom is 0.221 e. The third kappa shape index (κ3) is 7.39. The minimum atomic E-state index is 0.181. The number of carbonyl (C=O) groups is 1. The molecule has 0 saturated heterocycles. The van der Waals surface area contributed by atoms with Gasteiger partial charge in [0.2, 0.25) is 5.91 Å². The van der Waals surface area contributed by atoms with Crippen molar-refractivity contribution in [1.29, 1.82) is 0 Å². The summed E-state index contributed by atoms with van der Waals surface area (Å²) >= 11 is 0. The van der Waals surface area contributed by atoms with Crippen LogP contribution in [0.3, 0.4) is 0 Å². The van der Waals surface area contributed by atoms with E-state index in [1.165, 1.54) is 0 Å². The lowest BCUT2D eigenvalue weighted by Gasteiger charge is -2.05. The molecular formula is C5H15N3O. The van der Waals surface area contributed by atoms with Crippen LogP contribution >= 0.6 is 0 Å². The van der Waals surface area contributed by atoms with Crippen molar-refractivity contribution in [2.45, 2.75) is 13.3 Å². The van der Waals surface area contributed by atoms with Gasteiger partial charge < -0.3 is 4.90 Å². The number of nitrogens with zero attached hydrogens (tertiary/aromatic N) is 1. The van der Waals surface area contributed by atoms with Gasteiger partial charge in [0, 0.05) is 20.5 Å². The fourth-order valence-electron chi connectivity index (χ4n) is 0.316. The van der Waals surface area contributed by atoms with E-state index in [0.29, 0.717) is 6.42 Å². The molecule has 0 bridgehead atoms. The van der Waals surface area contributed by atoms with Crippen LogP contribution in [0.5, 0.6) is 0 Å². The fraction of sp³-hybridized carbons (Fsp3) is 0.800. The van der Waals surface area contributed by atoms with Gasteiger partial charge in [0.05, 0.1) is 0 Å². The molecule has 0 aliphatic heterocycles. The van der Waals surface area contributed by atoms with E-state index in [1.807, 2.05) is 6.92 Å². The topological polar surface area (TPSA) is 72.3 Å². The van der Waals surface area contributed by atoms with Crippen LogP contribution in [0.2, 0.25) is 0 Å². The molecule has 0 heterocycles. The lowest BCUT2D eigenvalue weighted by Crippen LogP contribution is -2.19. The summed E-state index contributed by atoms with van der Waals surface area (Å²) in [7, 11) is 3.51. The van der Waals surface area contributed by atoms with E-state index in [1.54, 1.807) is 19.0 Å². The Kier molecular flexibility index (Phi) is 9.21. The van der Waals surface area contributed by atoms with E-state index >= 15 is 0 Å². The molecule has 0 aromatic heterocycles. The summed E-state index contributed by atoms with van der Waals surface area (Å²) in [5, 5.41) is 0. The maximum atomic E-state index is 10.4. The Balaban J connectivity index is 0. The van der Waals surface area contributed by atoms with Crippen LogP contribution in [0, 0.1) is 0 Å². The van der Waals surface area contributed by atoms with Crippen molar-refractivity contribution in [2.24, 2.45) is 11.7 Å². The first kappa shape index (κ1) is 11.2. The van der Waals surface area contributed by atoms with Crippen LogP contribution in [0.25, 0.3) is 0 Å². The second-order valence-electron chi connectivity index (χ2n) is 1.64. The standard InChI is InChI=1S/C5H11NO.H4N2/c1-4-5(7)6(2)3;1-2/h4H2,1-3H3;1-2H2. The molecule has 0 unspecified atom stereocenters. The number of carbonyl (C=O) groups excluding carboxylic acids is 1. The Hall–Kier alpha value is -0.610. The normalized spacial score (nSPS) is 7.22. The van der Waals surface area contributed by atoms with Crippen molar-refractivity contribution in [3.8, 4) is 0 Å². The van der Waals surface area contributed by atoms with Crippen LogP contribution in [0.4, 0.5) is 0 Å². The average Bonchev–Trinajstić information content (AvgIpc) is 1.91. The van der Waals surface area contributed by atoms with Crippen LogP contribution in [0.15, 0.2) is 0 Å². The first-order valence-electron chi connectivity index (χ1n) is 2.72. The molecule has 4 nitrogen and oxygen atoms in total. The summed E-state index contributed by atoms with van der Waals surface area (Å²) in [6.45, 7) is 1.85. The second kappa shape index (κ2) is 7.39. The van der Waals surface area contributed by atoms with Gasteiger partial charge in [-0.05, 0) is 0 Å². The highest BCUT2D eigenvalue weighted by Gasteiger charge is 1.95. The molecule has 4 heteroatoms. The summed E-state index contributed by atoms with van der Waals surface area (Å²) < 4.78 is 0. The van der Waals surface area contributed by atoms with Gasteiger partial charge in [0.25, 0.3) is 0 Å². The van der Waals surface area contributed by atoms with Crippen molar-refractivity contribution < 1.29 is 4.79 Å². The Morgan fingerprint density at radius 1 is 1.44 bits per heavy atom. The van der Waals surface area contributed by atoms with Crippen LogP contribution in [-0.2, 0) is 4.79 Å². The zero-order valence-corrected chi connectivity index (χ0v) is 6.22. The molecule has 0 aliphatic carbocycles. The van der Waals surface area contributed by atoms with Gasteiger partial charge in [-0.25, -0.2) is 0 Å². The van der Waals surface area contributed by atoms with Gasteiger partial charge in [-0.15, -0.1) is 0 Å². The summed E-state index contributed by atoms with van der Waals surface area (Å²) in [6.07, 6.45) is 0.604. The minimum absolute atomic E-state index is 0.181. The number of hydrogen-bond acceptors (Lipinski definition) is 3. The van der Waals surface area contributed by atoms with Gasteiger partial charge in [0.15, 0.2) is 0 Å². The fourth-order valence-corrected chi connectivity index (χ4v) is 0.316. The Morgan fingerprint density at radius 3 is 1.78 bits per heavy atom. The molecule has 0 aromatic rings. The quantitative estimate of drug-likeness (QED) is 0.367. The lowest BCUT2D eigenvalue weighted by atomic mass is 10.4. The molecule has 0 spiro atoms. The SMILES string of the molecule is CCC(=O)N(C)C.NN. The highest BCUT2D eigenvalue weighted by Crippen LogP contribution is 1.81. The zero-order chi connectivity index (χ0) is 7.86. The molecule has 0 radical (unpaired) electrons. The smallest absolute Gasteiger partial charge is 0.221 e. The Morgan fingerprint density at radius 2 is 1.78 bits per heavy atom. The number of hydrogen-bond donors (Lipinski definition) is 2. The average molecular weight is 133 g/mol. The van der Waals surface area contributed by atoms with Crippen molar-refractivity contribution in [2.75, 3.05) is 14.1 Å². The monoisotopic (exact) mass is 133 g/mol. The predicted octanol–water partition coefficient (Wildman–Crippen LogP) is -0.697. The van der Waals surface area contributed by atoms with E-state index in [-0.39, 0.29) is 5.91 Å². The molecule has 0 rings (SSSR count). The molecule has 0 saturated carbocycles. The van der Waals surface area contributed by atoms with Crippen molar-refractivity contribution in [3.05, 3.63) is 0 Å². The van der Waals surface area contributed by atoms with Gasteiger partial charge in [0.1, 0.15) is 0 Å². The summed E-state index contributed by atoms with van der Waals surface area (Å²) in [5.41, 5.74) is 0. The molecule has 0 atom stereocenters. The van der Waals surface area contributed by atoms with Crippen molar-refractivity contribution >= 4 is 5.91 Å². The number of amides is 1. The van der Waals surface area contributed by atoms with Gasteiger partial charge in [-0.1, -0.05) is 6.92 Å².